The van der Waals surface area contributed by atoms with Crippen LogP contribution in [-0.4, -0.2) is 15.9 Å². The molecule has 0 saturated heterocycles. The molecule has 0 amide bonds. The lowest BCUT2D eigenvalue weighted by molar-refractivity contribution is -0.384. The van der Waals surface area contributed by atoms with Crippen LogP contribution < -0.4 is 5.32 Å². The molecule has 1 fully saturated rings. The van der Waals surface area contributed by atoms with E-state index < -0.39 is 4.92 Å². The molecule has 6 heteroatoms. The van der Waals surface area contributed by atoms with Gasteiger partial charge < -0.3 is 5.32 Å². The maximum atomic E-state index is 10.6. The predicted molar refractivity (Wildman–Crippen MR) is 57.2 cm³/mol. The smallest absolute Gasteiger partial charge is 0.276 e. The summed E-state index contributed by atoms with van der Waals surface area (Å²) in [5.74, 6) is 0.485. The van der Waals surface area contributed by atoms with Crippen molar-refractivity contribution in [3.8, 4) is 0 Å². The summed E-state index contributed by atoms with van der Waals surface area (Å²) in [5, 5.41) is 13.8. The van der Waals surface area contributed by atoms with Crippen molar-refractivity contribution < 1.29 is 4.92 Å². The minimum atomic E-state index is -0.473. The van der Waals surface area contributed by atoms with Gasteiger partial charge in [-0.05, 0) is 19.3 Å². The first-order valence-electron chi connectivity index (χ1n) is 4.73. The number of halogens is 1. The van der Waals surface area contributed by atoms with E-state index in [9.17, 15) is 10.1 Å². The second kappa shape index (κ2) is 4.02. The zero-order valence-corrected chi connectivity index (χ0v) is 8.70. The topological polar surface area (TPSA) is 68.1 Å². The van der Waals surface area contributed by atoms with Gasteiger partial charge in [0.05, 0.1) is 17.1 Å². The van der Waals surface area contributed by atoms with Gasteiger partial charge in [0.15, 0.2) is 0 Å². The third-order valence-electron chi connectivity index (χ3n) is 2.45. The molecular weight excluding hydrogens is 218 g/mol. The highest BCUT2D eigenvalue weighted by Gasteiger charge is 2.19. The molecule has 80 valence electrons. The zero-order chi connectivity index (χ0) is 10.8. The van der Waals surface area contributed by atoms with Crippen molar-refractivity contribution in [2.45, 2.75) is 25.3 Å². The highest BCUT2D eigenvalue weighted by Crippen LogP contribution is 2.25. The number of hydrogen-bond acceptors (Lipinski definition) is 4. The van der Waals surface area contributed by atoms with Crippen molar-refractivity contribution in [2.24, 2.45) is 0 Å². The summed E-state index contributed by atoms with van der Waals surface area (Å²) in [5.41, 5.74) is -0.0307. The third-order valence-corrected chi connectivity index (χ3v) is 2.64. The van der Waals surface area contributed by atoms with E-state index in [1.165, 1.54) is 18.6 Å². The second-order valence-electron chi connectivity index (χ2n) is 3.56. The maximum absolute atomic E-state index is 10.6. The SMILES string of the molecule is O=[N+]([O-])c1cc(Cl)nc(NC2CCC2)c1. The predicted octanol–water partition coefficient (Wildman–Crippen LogP) is 2.61. The van der Waals surface area contributed by atoms with Crippen molar-refractivity contribution in [3.05, 3.63) is 27.4 Å². The first-order chi connectivity index (χ1) is 7.15. The van der Waals surface area contributed by atoms with Crippen LogP contribution in [0.1, 0.15) is 19.3 Å². The van der Waals surface area contributed by atoms with Crippen LogP contribution in [0.5, 0.6) is 0 Å². The molecule has 1 aromatic rings. The molecule has 1 saturated carbocycles. The van der Waals surface area contributed by atoms with E-state index in [1.807, 2.05) is 0 Å². The molecule has 1 aliphatic carbocycles. The molecule has 0 unspecified atom stereocenters. The van der Waals surface area contributed by atoms with Crippen LogP contribution in [-0.2, 0) is 0 Å². The number of pyridine rings is 1. The maximum Gasteiger partial charge on any atom is 0.276 e. The normalized spacial score (nSPS) is 15.8. The molecule has 0 atom stereocenters. The average molecular weight is 228 g/mol. The Morgan fingerprint density at radius 2 is 2.27 bits per heavy atom. The van der Waals surface area contributed by atoms with Crippen LogP contribution in [0.25, 0.3) is 0 Å². The van der Waals surface area contributed by atoms with Gasteiger partial charge in [-0.2, -0.15) is 0 Å². The lowest BCUT2D eigenvalue weighted by Crippen LogP contribution is -2.27. The molecular formula is C9H10ClN3O2. The molecule has 1 aromatic heterocycles. The van der Waals surface area contributed by atoms with Crippen molar-refractivity contribution >= 4 is 23.1 Å². The Labute approximate surface area is 91.6 Å². The Balaban J connectivity index is 2.18. The van der Waals surface area contributed by atoms with Gasteiger partial charge in [-0.25, -0.2) is 4.98 Å². The number of nitrogens with one attached hydrogen (secondary N) is 1. The van der Waals surface area contributed by atoms with Gasteiger partial charge in [-0.1, -0.05) is 11.6 Å². The fourth-order valence-electron chi connectivity index (χ4n) is 1.42. The molecule has 0 radical (unpaired) electrons. The number of rotatable bonds is 3. The molecule has 0 aromatic carbocycles. The highest BCUT2D eigenvalue weighted by atomic mass is 35.5. The average Bonchev–Trinajstić information content (AvgIpc) is 2.10. The highest BCUT2D eigenvalue weighted by molar-refractivity contribution is 6.29. The van der Waals surface area contributed by atoms with E-state index in [1.54, 1.807) is 0 Å². The van der Waals surface area contributed by atoms with Gasteiger partial charge >= 0.3 is 0 Å². The summed E-state index contributed by atoms with van der Waals surface area (Å²) in [6.45, 7) is 0. The van der Waals surface area contributed by atoms with Gasteiger partial charge in [0, 0.05) is 6.04 Å². The molecule has 1 heterocycles. The summed E-state index contributed by atoms with van der Waals surface area (Å²) < 4.78 is 0. The van der Waals surface area contributed by atoms with Crippen LogP contribution in [0.2, 0.25) is 5.15 Å². The fourth-order valence-corrected chi connectivity index (χ4v) is 1.63. The number of aromatic nitrogens is 1. The largest absolute Gasteiger partial charge is 0.367 e. The molecule has 5 nitrogen and oxygen atoms in total. The first kappa shape index (κ1) is 10.2. The summed E-state index contributed by atoms with van der Waals surface area (Å²) in [6, 6.07) is 3.04. The van der Waals surface area contributed by atoms with Gasteiger partial charge in [-0.15, -0.1) is 0 Å². The van der Waals surface area contributed by atoms with Crippen molar-refractivity contribution in [1.29, 1.82) is 0 Å². The molecule has 15 heavy (non-hydrogen) atoms. The van der Waals surface area contributed by atoms with E-state index in [-0.39, 0.29) is 10.8 Å². The van der Waals surface area contributed by atoms with E-state index >= 15 is 0 Å². The van der Waals surface area contributed by atoms with Crippen LogP contribution in [0, 0.1) is 10.1 Å². The van der Waals surface area contributed by atoms with Crippen molar-refractivity contribution in [1.82, 2.24) is 4.98 Å². The van der Waals surface area contributed by atoms with Crippen LogP contribution >= 0.6 is 11.6 Å². The number of hydrogen-bond donors (Lipinski definition) is 1. The molecule has 1 N–H and O–H groups in total. The monoisotopic (exact) mass is 227 g/mol. The quantitative estimate of drug-likeness (QED) is 0.490. The summed E-state index contributed by atoms with van der Waals surface area (Å²) in [6.07, 6.45) is 3.37. The third kappa shape index (κ3) is 2.36. The van der Waals surface area contributed by atoms with Crippen LogP contribution in [0.4, 0.5) is 11.5 Å². The number of anilines is 1. The van der Waals surface area contributed by atoms with Gasteiger partial charge in [-0.3, -0.25) is 10.1 Å². The molecule has 0 spiro atoms. The summed E-state index contributed by atoms with van der Waals surface area (Å²) in [7, 11) is 0. The number of nitro groups is 1. The molecule has 0 aliphatic heterocycles. The Bertz CT molecular complexity index is 393. The van der Waals surface area contributed by atoms with Gasteiger partial charge in [0.1, 0.15) is 11.0 Å². The Morgan fingerprint density at radius 3 is 2.80 bits per heavy atom. The lowest BCUT2D eigenvalue weighted by Gasteiger charge is -2.26. The Hall–Kier alpha value is -1.36. The molecule has 0 bridgehead atoms. The first-order valence-corrected chi connectivity index (χ1v) is 5.11. The van der Waals surface area contributed by atoms with Crippen molar-refractivity contribution in [2.75, 3.05) is 5.32 Å². The standard InChI is InChI=1S/C9H10ClN3O2/c10-8-4-7(13(14)15)5-9(12-8)11-6-2-1-3-6/h4-6H,1-3H2,(H,11,12). The second-order valence-corrected chi connectivity index (χ2v) is 3.95. The summed E-state index contributed by atoms with van der Waals surface area (Å²) in [4.78, 5) is 14.1. The fraction of sp³-hybridized carbons (Fsp3) is 0.444. The minimum Gasteiger partial charge on any atom is -0.367 e. The van der Waals surface area contributed by atoms with Crippen LogP contribution in [0.15, 0.2) is 12.1 Å². The Kier molecular flexibility index (Phi) is 2.73. The van der Waals surface area contributed by atoms with E-state index in [0.29, 0.717) is 11.9 Å². The van der Waals surface area contributed by atoms with Gasteiger partial charge in [0.2, 0.25) is 0 Å². The van der Waals surface area contributed by atoms with E-state index in [0.717, 1.165) is 12.8 Å². The molecule has 2 rings (SSSR count). The van der Waals surface area contributed by atoms with Gasteiger partial charge in [0.25, 0.3) is 5.69 Å². The number of nitrogens with zero attached hydrogens (tertiary/aromatic N) is 2. The van der Waals surface area contributed by atoms with Crippen LogP contribution in [0.3, 0.4) is 0 Å². The van der Waals surface area contributed by atoms with E-state index in [2.05, 4.69) is 10.3 Å². The Morgan fingerprint density at radius 1 is 1.53 bits per heavy atom. The zero-order valence-electron chi connectivity index (χ0n) is 7.94. The molecule has 1 aliphatic rings. The minimum absolute atomic E-state index is 0.0307. The van der Waals surface area contributed by atoms with E-state index in [4.69, 9.17) is 11.6 Å². The lowest BCUT2D eigenvalue weighted by atomic mass is 9.93. The summed E-state index contributed by atoms with van der Waals surface area (Å²) >= 11 is 5.68. The van der Waals surface area contributed by atoms with Crippen molar-refractivity contribution in [3.63, 3.8) is 0 Å².